The lowest BCUT2D eigenvalue weighted by Gasteiger charge is -2.48. The fourth-order valence-electron chi connectivity index (χ4n) is 2.18. The van der Waals surface area contributed by atoms with Gasteiger partial charge in [0.25, 0.3) is 0 Å². The van der Waals surface area contributed by atoms with Crippen molar-refractivity contribution < 1.29 is 14.7 Å². The van der Waals surface area contributed by atoms with Gasteiger partial charge in [0.2, 0.25) is 5.91 Å². The number of aromatic nitrogens is 2. The average molecular weight is 344 g/mol. The molecule has 0 radical (unpaired) electrons. The number of carbonyl (C=O) groups excluding carboxylic acids is 1. The lowest BCUT2D eigenvalue weighted by Crippen LogP contribution is -2.68. The first-order chi connectivity index (χ1) is 9.99. The molecule has 21 heavy (non-hydrogen) atoms. The van der Waals surface area contributed by atoms with E-state index in [1.165, 1.54) is 40.0 Å². The summed E-state index contributed by atoms with van der Waals surface area (Å²) in [7, 11) is 0. The van der Waals surface area contributed by atoms with Gasteiger partial charge in [-0.3, -0.25) is 9.69 Å². The van der Waals surface area contributed by atoms with E-state index in [-0.39, 0.29) is 17.0 Å². The number of amides is 1. The van der Waals surface area contributed by atoms with Crippen molar-refractivity contribution in [1.29, 1.82) is 0 Å². The molecule has 1 aromatic heterocycles. The summed E-state index contributed by atoms with van der Waals surface area (Å²) in [4.78, 5) is 28.8. The van der Waals surface area contributed by atoms with Crippen molar-refractivity contribution in [2.45, 2.75) is 22.7 Å². The molecular formula is C11H12N4O3S3. The highest BCUT2D eigenvalue weighted by Gasteiger charge is 2.51. The molecule has 10 heteroatoms. The summed E-state index contributed by atoms with van der Waals surface area (Å²) < 4.78 is 4.88. The van der Waals surface area contributed by atoms with Crippen LogP contribution in [0.2, 0.25) is 0 Å². The van der Waals surface area contributed by atoms with Gasteiger partial charge in [-0.1, -0.05) is 11.8 Å². The number of nitrogens with zero attached hydrogens (tertiary/aromatic N) is 3. The van der Waals surface area contributed by atoms with Crippen LogP contribution < -0.4 is 5.73 Å². The minimum atomic E-state index is -1.08. The standard InChI is InChI=1S/C11H12N4O3S3/c1-4-13-11(21-14-4)20-3-5-2-19-9-6(12)8(16)15(9)7(5)10(17)18/h6,9H,2-3,12H2,1H3,(H,17,18). The van der Waals surface area contributed by atoms with E-state index in [2.05, 4.69) is 9.36 Å². The molecule has 3 rings (SSSR count). The van der Waals surface area contributed by atoms with E-state index >= 15 is 0 Å². The van der Waals surface area contributed by atoms with E-state index in [9.17, 15) is 14.7 Å². The molecule has 1 fully saturated rings. The van der Waals surface area contributed by atoms with Crippen molar-refractivity contribution in [2.24, 2.45) is 5.73 Å². The van der Waals surface area contributed by atoms with Crippen molar-refractivity contribution in [3.05, 3.63) is 17.1 Å². The molecule has 1 amide bonds. The van der Waals surface area contributed by atoms with E-state index < -0.39 is 12.0 Å². The molecule has 2 atom stereocenters. The number of β-lactam (4-membered cyclic amide) rings is 1. The van der Waals surface area contributed by atoms with Crippen LogP contribution in [0.15, 0.2) is 15.6 Å². The molecule has 0 spiro atoms. The van der Waals surface area contributed by atoms with Crippen LogP contribution >= 0.6 is 35.1 Å². The molecule has 7 nitrogen and oxygen atoms in total. The smallest absolute Gasteiger partial charge is 0.352 e. The molecule has 0 aliphatic carbocycles. The van der Waals surface area contributed by atoms with Crippen LogP contribution in [0.25, 0.3) is 0 Å². The second kappa shape index (κ2) is 5.59. The van der Waals surface area contributed by atoms with Crippen LogP contribution in [0.5, 0.6) is 0 Å². The largest absolute Gasteiger partial charge is 0.477 e. The Morgan fingerprint density at radius 2 is 2.38 bits per heavy atom. The number of aliphatic carboxylic acids is 1. The summed E-state index contributed by atoms with van der Waals surface area (Å²) in [6, 6.07) is -0.593. The highest BCUT2D eigenvalue weighted by atomic mass is 32.2. The second-order valence-corrected chi connectivity index (χ2v) is 7.67. The Labute approximate surface area is 133 Å². The van der Waals surface area contributed by atoms with Crippen molar-refractivity contribution in [3.63, 3.8) is 0 Å². The summed E-state index contributed by atoms with van der Waals surface area (Å²) in [5, 5.41) is 9.15. The third-order valence-corrected chi connectivity index (χ3v) is 6.54. The molecule has 0 aromatic carbocycles. The summed E-state index contributed by atoms with van der Waals surface area (Å²) in [5.74, 6) is 0.351. The summed E-state index contributed by atoms with van der Waals surface area (Å²) >= 11 is 4.24. The fraction of sp³-hybridized carbons (Fsp3) is 0.455. The molecule has 0 bridgehead atoms. The van der Waals surface area contributed by atoms with Gasteiger partial charge in [0, 0.05) is 11.5 Å². The quantitative estimate of drug-likeness (QED) is 0.601. The lowest BCUT2D eigenvalue weighted by molar-refractivity contribution is -0.147. The number of carboxylic acids is 1. The van der Waals surface area contributed by atoms with Crippen molar-refractivity contribution in [1.82, 2.24) is 14.3 Å². The highest BCUT2D eigenvalue weighted by Crippen LogP contribution is 2.40. The van der Waals surface area contributed by atoms with Gasteiger partial charge < -0.3 is 10.8 Å². The number of carboxylic acid groups (broad SMARTS) is 1. The normalized spacial score (nSPS) is 24.9. The van der Waals surface area contributed by atoms with Crippen molar-refractivity contribution in [2.75, 3.05) is 11.5 Å². The fourth-order valence-corrected chi connectivity index (χ4v) is 5.26. The van der Waals surface area contributed by atoms with Gasteiger partial charge in [0.15, 0.2) is 4.34 Å². The van der Waals surface area contributed by atoms with Crippen LogP contribution in [-0.2, 0) is 9.59 Å². The van der Waals surface area contributed by atoms with Gasteiger partial charge >= 0.3 is 5.97 Å². The predicted molar refractivity (Wildman–Crippen MR) is 81.1 cm³/mol. The van der Waals surface area contributed by atoms with Crippen LogP contribution in [0.3, 0.4) is 0 Å². The zero-order chi connectivity index (χ0) is 15.1. The first kappa shape index (κ1) is 14.8. The molecule has 112 valence electrons. The van der Waals surface area contributed by atoms with Crippen LogP contribution in [0.1, 0.15) is 5.82 Å². The van der Waals surface area contributed by atoms with E-state index in [1.54, 1.807) is 0 Å². The molecular weight excluding hydrogens is 332 g/mol. The Morgan fingerprint density at radius 1 is 1.62 bits per heavy atom. The van der Waals surface area contributed by atoms with Gasteiger partial charge in [0.1, 0.15) is 22.9 Å². The van der Waals surface area contributed by atoms with Gasteiger partial charge in [-0.2, -0.15) is 4.37 Å². The summed E-state index contributed by atoms with van der Waals surface area (Å²) in [6.45, 7) is 1.81. The number of thioether (sulfide) groups is 2. The SMILES string of the molecule is Cc1nsc(SCC2=C(C(=O)O)N3C(=O)C(N)C3SC2)n1. The molecule has 1 aromatic rings. The minimum absolute atomic E-state index is 0.0826. The van der Waals surface area contributed by atoms with E-state index in [4.69, 9.17) is 5.73 Å². The molecule has 2 aliphatic rings. The average Bonchev–Trinajstić information content (AvgIpc) is 2.88. The third kappa shape index (κ3) is 2.56. The summed E-state index contributed by atoms with van der Waals surface area (Å²) in [5.41, 5.74) is 6.51. The highest BCUT2D eigenvalue weighted by molar-refractivity contribution is 8.01. The molecule has 3 N–H and O–H groups in total. The summed E-state index contributed by atoms with van der Waals surface area (Å²) in [6.07, 6.45) is 0. The van der Waals surface area contributed by atoms with Gasteiger partial charge in [-0.25, -0.2) is 9.78 Å². The molecule has 0 saturated carbocycles. The number of rotatable bonds is 4. The number of hydrogen-bond acceptors (Lipinski definition) is 8. The topological polar surface area (TPSA) is 109 Å². The molecule has 2 aliphatic heterocycles. The number of hydrogen-bond donors (Lipinski definition) is 2. The maximum atomic E-state index is 11.8. The molecule has 1 saturated heterocycles. The number of aryl methyl sites for hydroxylation is 1. The van der Waals surface area contributed by atoms with E-state index in [0.717, 1.165) is 9.91 Å². The van der Waals surface area contributed by atoms with Crippen LogP contribution in [0, 0.1) is 6.92 Å². The van der Waals surface area contributed by atoms with Crippen molar-refractivity contribution >= 4 is 46.9 Å². The number of carbonyl (C=O) groups is 2. The maximum Gasteiger partial charge on any atom is 0.352 e. The Kier molecular flexibility index (Phi) is 3.95. The lowest BCUT2D eigenvalue weighted by atomic mass is 10.0. The second-order valence-electron chi connectivity index (χ2n) is 4.59. The maximum absolute atomic E-state index is 11.8. The van der Waals surface area contributed by atoms with E-state index in [1.807, 2.05) is 6.92 Å². The van der Waals surface area contributed by atoms with Crippen molar-refractivity contribution in [3.8, 4) is 0 Å². The Hall–Kier alpha value is -1.10. The van der Waals surface area contributed by atoms with Crippen LogP contribution in [-0.4, -0.2) is 54.2 Å². The zero-order valence-electron chi connectivity index (χ0n) is 11.0. The van der Waals surface area contributed by atoms with Gasteiger partial charge in [-0.15, -0.1) is 11.8 Å². The third-order valence-electron chi connectivity index (χ3n) is 3.17. The first-order valence-corrected chi connectivity index (χ1v) is 8.88. The predicted octanol–water partition coefficient (Wildman–Crippen LogP) is 0.520. The zero-order valence-corrected chi connectivity index (χ0v) is 13.4. The van der Waals surface area contributed by atoms with Gasteiger partial charge in [0.05, 0.1) is 0 Å². The van der Waals surface area contributed by atoms with Gasteiger partial charge in [-0.05, 0) is 24.0 Å². The van der Waals surface area contributed by atoms with Crippen LogP contribution in [0.4, 0.5) is 0 Å². The minimum Gasteiger partial charge on any atom is -0.477 e. The molecule has 2 unspecified atom stereocenters. The Bertz CT molecular complexity index is 644. The Balaban J connectivity index is 1.81. The number of fused-ring (bicyclic) bond motifs is 1. The monoisotopic (exact) mass is 344 g/mol. The van der Waals surface area contributed by atoms with E-state index in [0.29, 0.717) is 17.3 Å². The Morgan fingerprint density at radius 3 is 3.00 bits per heavy atom. The molecule has 3 heterocycles. The number of nitrogens with two attached hydrogens (primary N) is 1. The first-order valence-electron chi connectivity index (χ1n) is 6.07.